The minimum absolute atomic E-state index is 0.0774. The molecule has 0 heterocycles. The van der Waals surface area contributed by atoms with E-state index in [0.29, 0.717) is 28.7 Å². The van der Waals surface area contributed by atoms with E-state index in [1.807, 2.05) is 30.3 Å². The summed E-state index contributed by atoms with van der Waals surface area (Å²) in [4.78, 5) is 12.1. The van der Waals surface area contributed by atoms with Gasteiger partial charge >= 0.3 is 0 Å². The number of carbonyl (C=O) groups is 1. The first-order valence-corrected chi connectivity index (χ1v) is 7.30. The summed E-state index contributed by atoms with van der Waals surface area (Å²) in [5.74, 6) is 1.84. The Kier molecular flexibility index (Phi) is 2.70. The topological polar surface area (TPSA) is 62.1 Å². The number of carbonyl (C=O) groups excluding carboxylic acids is 1. The number of nitrogens with zero attached hydrogens (tertiary/aromatic N) is 1. The first kappa shape index (κ1) is 12.9. The molecular formula is C18H14N2O2. The fraction of sp³-hybridized carbons (Fsp3) is 0.222. The first-order chi connectivity index (χ1) is 10.7. The monoisotopic (exact) mass is 290 g/mol. The number of hydrogen-bond acceptors (Lipinski definition) is 3. The van der Waals surface area contributed by atoms with Gasteiger partial charge in [0, 0.05) is 5.69 Å². The fourth-order valence-electron chi connectivity index (χ4n) is 2.73. The summed E-state index contributed by atoms with van der Waals surface area (Å²) in [6.45, 7) is 0. The molecule has 0 radical (unpaired) electrons. The normalized spacial score (nSPS) is 23.9. The zero-order chi connectivity index (χ0) is 15.2. The van der Waals surface area contributed by atoms with Crippen molar-refractivity contribution in [3.8, 4) is 17.6 Å². The van der Waals surface area contributed by atoms with Crippen molar-refractivity contribution < 1.29 is 9.53 Å². The van der Waals surface area contributed by atoms with Crippen molar-refractivity contribution in [2.75, 3.05) is 5.32 Å². The Morgan fingerprint density at radius 1 is 1.23 bits per heavy atom. The second-order valence-electron chi connectivity index (χ2n) is 5.95. The molecule has 0 unspecified atom stereocenters. The minimum Gasteiger partial charge on any atom is -0.456 e. The van der Waals surface area contributed by atoms with Crippen molar-refractivity contribution in [1.82, 2.24) is 0 Å². The zero-order valence-corrected chi connectivity index (χ0v) is 11.9. The van der Waals surface area contributed by atoms with Crippen LogP contribution in [-0.4, -0.2) is 5.91 Å². The highest BCUT2D eigenvalue weighted by Gasteiger charge is 2.74. The summed E-state index contributed by atoms with van der Waals surface area (Å²) < 4.78 is 5.71. The Morgan fingerprint density at radius 3 is 2.59 bits per heavy atom. The molecule has 0 bridgehead atoms. The Hall–Kier alpha value is -2.80. The fourth-order valence-corrected chi connectivity index (χ4v) is 2.73. The van der Waals surface area contributed by atoms with Gasteiger partial charge in [-0.2, -0.15) is 5.26 Å². The largest absolute Gasteiger partial charge is 0.456 e. The quantitative estimate of drug-likeness (QED) is 0.933. The van der Waals surface area contributed by atoms with E-state index < -0.39 is 0 Å². The number of anilines is 1. The zero-order valence-electron chi connectivity index (χ0n) is 11.9. The number of fused-ring (bicyclic) bond motifs is 1. The van der Waals surface area contributed by atoms with Crippen LogP contribution in [0.1, 0.15) is 18.4 Å². The summed E-state index contributed by atoms with van der Waals surface area (Å²) in [6.07, 6.45) is 2.03. The number of ether oxygens (including phenoxy) is 1. The molecule has 22 heavy (non-hydrogen) atoms. The lowest BCUT2D eigenvalue weighted by Gasteiger charge is -2.11. The van der Waals surface area contributed by atoms with Crippen LogP contribution in [0.15, 0.2) is 48.5 Å². The molecule has 2 aliphatic carbocycles. The van der Waals surface area contributed by atoms with Crippen molar-refractivity contribution >= 4 is 11.6 Å². The highest BCUT2D eigenvalue weighted by atomic mass is 16.5. The van der Waals surface area contributed by atoms with E-state index >= 15 is 0 Å². The van der Waals surface area contributed by atoms with Gasteiger partial charge in [-0.25, -0.2) is 0 Å². The van der Waals surface area contributed by atoms with Gasteiger partial charge in [0.15, 0.2) is 0 Å². The Balaban J connectivity index is 1.53. The van der Waals surface area contributed by atoms with Gasteiger partial charge in [-0.15, -0.1) is 0 Å². The third-order valence-corrected chi connectivity index (χ3v) is 4.46. The Morgan fingerprint density at radius 2 is 1.95 bits per heavy atom. The van der Waals surface area contributed by atoms with Gasteiger partial charge < -0.3 is 10.1 Å². The number of nitriles is 1. The van der Waals surface area contributed by atoms with E-state index in [0.717, 1.165) is 12.8 Å². The molecule has 0 spiro atoms. The highest BCUT2D eigenvalue weighted by molar-refractivity contribution is 6.00. The Bertz CT molecular complexity index is 786. The third kappa shape index (κ3) is 2.11. The van der Waals surface area contributed by atoms with Crippen molar-refractivity contribution in [1.29, 1.82) is 5.26 Å². The predicted molar refractivity (Wildman–Crippen MR) is 81.5 cm³/mol. The van der Waals surface area contributed by atoms with Crippen molar-refractivity contribution in [2.45, 2.75) is 12.8 Å². The molecule has 1 amide bonds. The van der Waals surface area contributed by atoms with Crippen LogP contribution >= 0.6 is 0 Å². The maximum Gasteiger partial charge on any atom is 0.230 e. The molecule has 2 aromatic carbocycles. The van der Waals surface area contributed by atoms with Gasteiger partial charge in [0.2, 0.25) is 5.91 Å². The molecule has 2 fully saturated rings. The second kappa shape index (κ2) is 4.60. The maximum absolute atomic E-state index is 12.1. The lowest BCUT2D eigenvalue weighted by atomic mass is 10.1. The summed E-state index contributed by atoms with van der Waals surface area (Å²) >= 11 is 0. The van der Waals surface area contributed by atoms with Crippen LogP contribution < -0.4 is 10.1 Å². The van der Waals surface area contributed by atoms with Crippen molar-refractivity contribution in [3.63, 3.8) is 0 Å². The minimum atomic E-state index is -0.0774. The number of rotatable bonds is 4. The van der Waals surface area contributed by atoms with E-state index in [4.69, 9.17) is 4.74 Å². The van der Waals surface area contributed by atoms with E-state index in [1.54, 1.807) is 18.2 Å². The summed E-state index contributed by atoms with van der Waals surface area (Å²) in [6, 6.07) is 16.6. The molecule has 4 rings (SSSR count). The van der Waals surface area contributed by atoms with Gasteiger partial charge in [0.05, 0.1) is 11.0 Å². The summed E-state index contributed by atoms with van der Waals surface area (Å²) in [5, 5.41) is 12.2. The average molecular weight is 290 g/mol. The molecule has 1 N–H and O–H groups in total. The molecule has 0 saturated heterocycles. The molecule has 2 saturated carbocycles. The van der Waals surface area contributed by atoms with E-state index in [1.165, 1.54) is 0 Å². The molecular weight excluding hydrogens is 276 g/mol. The van der Waals surface area contributed by atoms with Crippen LogP contribution in [0.3, 0.4) is 0 Å². The van der Waals surface area contributed by atoms with Crippen LogP contribution in [0.2, 0.25) is 0 Å². The molecule has 108 valence electrons. The van der Waals surface area contributed by atoms with Gasteiger partial charge in [-0.3, -0.25) is 4.79 Å². The van der Waals surface area contributed by atoms with E-state index in [2.05, 4.69) is 11.4 Å². The van der Waals surface area contributed by atoms with Gasteiger partial charge in [-0.05, 0) is 49.1 Å². The number of hydrogen-bond donors (Lipinski definition) is 1. The number of para-hydroxylation sites is 1. The lowest BCUT2D eigenvalue weighted by Crippen LogP contribution is -2.18. The van der Waals surface area contributed by atoms with E-state index in [-0.39, 0.29) is 11.3 Å². The molecule has 4 heteroatoms. The Labute approximate surface area is 128 Å². The summed E-state index contributed by atoms with van der Waals surface area (Å²) in [5.41, 5.74) is 0.975. The van der Waals surface area contributed by atoms with Crippen LogP contribution in [0.5, 0.6) is 11.5 Å². The first-order valence-electron chi connectivity index (χ1n) is 7.30. The molecule has 0 aliphatic heterocycles. The average Bonchev–Trinajstić information content (AvgIpc) is 3.39. The molecule has 4 nitrogen and oxygen atoms in total. The third-order valence-electron chi connectivity index (χ3n) is 4.46. The summed E-state index contributed by atoms with van der Waals surface area (Å²) in [7, 11) is 0. The highest BCUT2D eigenvalue weighted by Crippen LogP contribution is 2.75. The second-order valence-corrected chi connectivity index (χ2v) is 5.95. The van der Waals surface area contributed by atoms with Gasteiger partial charge in [-0.1, -0.05) is 18.2 Å². The molecule has 0 aromatic heterocycles. The smallest absolute Gasteiger partial charge is 0.230 e. The van der Waals surface area contributed by atoms with Crippen molar-refractivity contribution in [3.05, 3.63) is 54.1 Å². The van der Waals surface area contributed by atoms with Crippen LogP contribution in [-0.2, 0) is 4.79 Å². The number of amides is 1. The standard InChI is InChI=1S/C18H14N2O2/c19-11-12-8-14(20-17(21)18-9-13(18)10-18)6-7-16(12)22-15-4-2-1-3-5-15/h1-8,13H,9-10H2,(H,20,21). The molecule has 0 atom stereocenters. The SMILES string of the molecule is N#Cc1cc(NC(=O)C23CC2C3)ccc1Oc1ccccc1. The number of nitrogens with one attached hydrogen (secondary N) is 1. The van der Waals surface area contributed by atoms with Crippen LogP contribution in [0.25, 0.3) is 0 Å². The van der Waals surface area contributed by atoms with Gasteiger partial charge in [0.25, 0.3) is 0 Å². The number of benzene rings is 2. The maximum atomic E-state index is 12.1. The van der Waals surface area contributed by atoms with Crippen LogP contribution in [0.4, 0.5) is 5.69 Å². The van der Waals surface area contributed by atoms with Gasteiger partial charge in [0.1, 0.15) is 17.6 Å². The molecule has 2 aliphatic rings. The molecule has 2 aromatic rings. The van der Waals surface area contributed by atoms with E-state index in [9.17, 15) is 10.1 Å². The lowest BCUT2D eigenvalue weighted by molar-refractivity contribution is -0.119. The van der Waals surface area contributed by atoms with Crippen molar-refractivity contribution in [2.24, 2.45) is 11.3 Å². The van der Waals surface area contributed by atoms with Crippen LogP contribution in [0, 0.1) is 22.7 Å². The predicted octanol–water partition coefficient (Wildman–Crippen LogP) is 3.70.